The number of aliphatic hydroxyl groups is 1. The van der Waals surface area contributed by atoms with Gasteiger partial charge in [0.25, 0.3) is 0 Å². The van der Waals surface area contributed by atoms with E-state index in [1.54, 1.807) is 6.92 Å². The molecule has 0 radical (unpaired) electrons. The lowest BCUT2D eigenvalue weighted by Gasteiger charge is -2.37. The van der Waals surface area contributed by atoms with E-state index in [4.69, 9.17) is 0 Å². The summed E-state index contributed by atoms with van der Waals surface area (Å²) in [6.45, 7) is 15.6. The number of rotatable bonds is 10. The quantitative estimate of drug-likeness (QED) is 0.344. The maximum atomic E-state index is 13.8. The van der Waals surface area contributed by atoms with Crippen molar-refractivity contribution >= 4 is 11.8 Å². The second kappa shape index (κ2) is 11.8. The van der Waals surface area contributed by atoms with Crippen LogP contribution in [0.25, 0.3) is 0 Å². The third-order valence-electron chi connectivity index (χ3n) is 6.00. The van der Waals surface area contributed by atoms with Gasteiger partial charge in [0.05, 0.1) is 5.41 Å². The maximum Gasteiger partial charge on any atom is 0.339 e. The van der Waals surface area contributed by atoms with Crippen LogP contribution in [-0.4, -0.2) is 22.0 Å². The van der Waals surface area contributed by atoms with Gasteiger partial charge < -0.3 is 10.2 Å². The average molecular weight is 441 g/mol. The van der Waals surface area contributed by atoms with Gasteiger partial charge in [-0.1, -0.05) is 46.6 Å². The Labute approximate surface area is 193 Å². The monoisotopic (exact) mass is 440 g/mol. The van der Waals surface area contributed by atoms with Crippen LogP contribution in [0.5, 0.6) is 0 Å². The molecule has 1 atom stereocenters. The molecule has 4 nitrogen and oxygen atoms in total. The number of aliphatic hydroxyl groups excluding tert-OH is 1. The largest absolute Gasteiger partial charge is 0.507 e. The average Bonchev–Trinajstić information content (AvgIpc) is 2.66. The number of carbonyl (C=O) groups is 2. The molecule has 1 unspecified atom stereocenters. The molecule has 0 saturated carbocycles. The summed E-state index contributed by atoms with van der Waals surface area (Å²) in [6, 6.07) is 0. The first kappa shape index (κ1) is 27.4. The molecule has 0 saturated heterocycles. The van der Waals surface area contributed by atoms with Gasteiger partial charge in [-0.05, 0) is 93.1 Å². The van der Waals surface area contributed by atoms with Crippen LogP contribution in [-0.2, 0) is 9.59 Å². The normalized spacial score (nSPS) is 19.1. The van der Waals surface area contributed by atoms with E-state index < -0.39 is 17.1 Å². The molecule has 1 aliphatic carbocycles. The fraction of sp³-hybridized carbons (Fsp3) is 0.500. The van der Waals surface area contributed by atoms with Gasteiger partial charge in [0.2, 0.25) is 0 Å². The van der Waals surface area contributed by atoms with Crippen LogP contribution in [0, 0.1) is 5.41 Å². The summed E-state index contributed by atoms with van der Waals surface area (Å²) >= 11 is 0. The number of carboxylic acids is 1. The van der Waals surface area contributed by atoms with E-state index in [-0.39, 0.29) is 23.4 Å². The highest BCUT2D eigenvalue weighted by Crippen LogP contribution is 2.47. The van der Waals surface area contributed by atoms with Crippen molar-refractivity contribution in [3.05, 3.63) is 69.1 Å². The van der Waals surface area contributed by atoms with Crippen LogP contribution in [0.4, 0.5) is 0 Å². The summed E-state index contributed by atoms with van der Waals surface area (Å²) in [4.78, 5) is 26.0. The van der Waals surface area contributed by atoms with Crippen molar-refractivity contribution in [1.29, 1.82) is 0 Å². The van der Waals surface area contributed by atoms with Crippen LogP contribution in [0.3, 0.4) is 0 Å². The zero-order valence-electron chi connectivity index (χ0n) is 21.1. The predicted molar refractivity (Wildman–Crippen MR) is 133 cm³/mol. The summed E-state index contributed by atoms with van der Waals surface area (Å²) in [7, 11) is 0. The van der Waals surface area contributed by atoms with Crippen molar-refractivity contribution in [3.8, 4) is 0 Å². The van der Waals surface area contributed by atoms with Crippen molar-refractivity contribution in [1.82, 2.24) is 0 Å². The van der Waals surface area contributed by atoms with Crippen LogP contribution >= 0.6 is 0 Å². The van der Waals surface area contributed by atoms with Gasteiger partial charge in [0, 0.05) is 5.57 Å². The van der Waals surface area contributed by atoms with Gasteiger partial charge in [-0.3, -0.25) is 4.79 Å². The van der Waals surface area contributed by atoms with Crippen LogP contribution < -0.4 is 0 Å². The molecule has 0 spiro atoms. The number of carbonyl (C=O) groups excluding carboxylic acids is 1. The summed E-state index contributed by atoms with van der Waals surface area (Å²) in [5.74, 6) is -1.77. The van der Waals surface area contributed by atoms with E-state index in [0.717, 1.165) is 24.0 Å². The molecule has 0 aromatic carbocycles. The Bertz CT molecular complexity index is 922. The first-order valence-corrected chi connectivity index (χ1v) is 11.3. The van der Waals surface area contributed by atoms with E-state index in [9.17, 15) is 19.8 Å². The number of hydrogen-bond acceptors (Lipinski definition) is 3. The van der Waals surface area contributed by atoms with Crippen molar-refractivity contribution in [2.75, 3.05) is 0 Å². The van der Waals surface area contributed by atoms with Gasteiger partial charge in [-0.25, -0.2) is 4.79 Å². The molecule has 0 aromatic rings. The van der Waals surface area contributed by atoms with E-state index in [1.165, 1.54) is 11.1 Å². The molecule has 0 amide bonds. The smallest absolute Gasteiger partial charge is 0.339 e. The topological polar surface area (TPSA) is 74.6 Å². The van der Waals surface area contributed by atoms with Gasteiger partial charge >= 0.3 is 5.97 Å². The summed E-state index contributed by atoms with van der Waals surface area (Å²) < 4.78 is 0. The minimum atomic E-state index is -1.20. The number of carboxylic acid groups (broad SMARTS) is 1. The zero-order valence-corrected chi connectivity index (χ0v) is 21.1. The van der Waals surface area contributed by atoms with E-state index in [0.29, 0.717) is 18.4 Å². The number of aliphatic carboxylic acids is 1. The molecule has 0 aromatic heterocycles. The third-order valence-corrected chi connectivity index (χ3v) is 6.00. The number of ketones is 1. The van der Waals surface area contributed by atoms with Gasteiger partial charge in [0.1, 0.15) is 11.3 Å². The molecular formula is C28H40O4. The highest BCUT2D eigenvalue weighted by atomic mass is 16.4. The standard InChI is InChI=1S/C28H40O4/c1-18(2)10-9-11-21(7)15-17-28(16-14-20(5)6)22(8)24(27(31)32)25(29)23(26(28)30)13-12-19(3)4/h10,12,14-15,29H,9,11,13,16-17H2,1-8H3,(H,31,32)/b21-15+. The Morgan fingerprint density at radius 1 is 0.875 bits per heavy atom. The Hall–Kier alpha value is -2.62. The fourth-order valence-corrected chi connectivity index (χ4v) is 3.88. The minimum Gasteiger partial charge on any atom is -0.507 e. The molecule has 4 heteroatoms. The number of Topliss-reactive ketones (excluding diaryl/α,β-unsaturated/α-hetero) is 1. The minimum absolute atomic E-state index is 0.139. The summed E-state index contributed by atoms with van der Waals surface area (Å²) in [6.07, 6.45) is 11.0. The summed E-state index contributed by atoms with van der Waals surface area (Å²) in [5.41, 5.74) is 3.98. The predicted octanol–water partition coefficient (Wildman–Crippen LogP) is 7.56. The lowest BCUT2D eigenvalue weighted by atomic mass is 9.64. The molecular weight excluding hydrogens is 400 g/mol. The molecule has 1 aliphatic rings. The maximum absolute atomic E-state index is 13.8. The molecule has 0 aliphatic heterocycles. The number of hydrogen-bond donors (Lipinski definition) is 2. The van der Waals surface area contributed by atoms with E-state index >= 15 is 0 Å². The van der Waals surface area contributed by atoms with E-state index in [1.807, 2.05) is 39.8 Å². The highest BCUT2D eigenvalue weighted by Gasteiger charge is 2.47. The van der Waals surface area contributed by atoms with Crippen molar-refractivity contribution in [2.45, 2.75) is 87.5 Å². The van der Waals surface area contributed by atoms with Gasteiger partial charge in [0.15, 0.2) is 5.78 Å². The molecule has 176 valence electrons. The molecule has 0 fully saturated rings. The Balaban J connectivity index is 3.60. The number of allylic oxidation sites excluding steroid dienone is 10. The van der Waals surface area contributed by atoms with Crippen molar-refractivity contribution in [2.24, 2.45) is 5.41 Å². The Kier molecular flexibility index (Phi) is 10.1. The second-order valence-electron chi connectivity index (χ2n) is 9.59. The lowest BCUT2D eigenvalue weighted by Crippen LogP contribution is -2.39. The third kappa shape index (κ3) is 6.94. The molecule has 2 N–H and O–H groups in total. The Morgan fingerprint density at radius 2 is 1.41 bits per heavy atom. The first-order valence-electron chi connectivity index (χ1n) is 11.3. The fourth-order valence-electron chi connectivity index (χ4n) is 3.88. The highest BCUT2D eigenvalue weighted by molar-refractivity contribution is 6.09. The van der Waals surface area contributed by atoms with Crippen LogP contribution in [0.1, 0.15) is 87.5 Å². The lowest BCUT2D eigenvalue weighted by molar-refractivity contribution is -0.133. The van der Waals surface area contributed by atoms with Gasteiger partial charge in [-0.2, -0.15) is 0 Å². The first-order chi connectivity index (χ1) is 14.8. The van der Waals surface area contributed by atoms with Crippen LogP contribution in [0.15, 0.2) is 69.1 Å². The molecule has 0 bridgehead atoms. The van der Waals surface area contributed by atoms with Crippen LogP contribution in [0.2, 0.25) is 0 Å². The summed E-state index contributed by atoms with van der Waals surface area (Å²) in [5, 5.41) is 20.7. The second-order valence-corrected chi connectivity index (χ2v) is 9.59. The molecule has 1 rings (SSSR count). The molecule has 0 heterocycles. The Morgan fingerprint density at radius 3 is 1.91 bits per heavy atom. The SMILES string of the molecule is CC(C)=CCC/C(C)=C/CC1(CC=C(C)C)C(=O)C(CC=C(C)C)=C(O)C(C(=O)O)=C1C. The van der Waals surface area contributed by atoms with Crippen molar-refractivity contribution in [3.63, 3.8) is 0 Å². The molecule has 32 heavy (non-hydrogen) atoms. The van der Waals surface area contributed by atoms with Crippen molar-refractivity contribution < 1.29 is 19.8 Å². The van der Waals surface area contributed by atoms with E-state index in [2.05, 4.69) is 32.9 Å². The van der Waals surface area contributed by atoms with Gasteiger partial charge in [-0.15, -0.1) is 0 Å². The zero-order chi connectivity index (χ0) is 24.6.